The topological polar surface area (TPSA) is 64.0 Å². The lowest BCUT2D eigenvalue weighted by molar-refractivity contribution is -0.124. The third-order valence-corrected chi connectivity index (χ3v) is 3.24. The average Bonchev–Trinajstić information content (AvgIpc) is 2.80. The molecule has 113 valence electrons. The molecule has 0 spiro atoms. The summed E-state index contributed by atoms with van der Waals surface area (Å²) in [5.74, 6) is 6.09. The number of hydrogen-bond acceptors (Lipinski definition) is 4. The normalized spacial score (nSPS) is 16.4. The summed E-state index contributed by atoms with van der Waals surface area (Å²) in [6.45, 7) is 2.61. The molecule has 0 aromatic rings. The molecule has 5 nitrogen and oxygen atoms in total. The van der Waals surface area contributed by atoms with Crippen molar-refractivity contribution in [2.24, 2.45) is 0 Å². The number of hydrogen-bond donors (Lipinski definition) is 2. The number of nitrogens with zero attached hydrogens (tertiary/aromatic N) is 2. The SMILES string of the molecule is CN(CC#CCN1CC[CH]C1=O)CC(O)CCCCO. The Morgan fingerprint density at radius 1 is 1.45 bits per heavy atom. The van der Waals surface area contributed by atoms with Gasteiger partial charge in [0.25, 0.3) is 0 Å². The first-order valence-electron chi connectivity index (χ1n) is 7.18. The molecule has 2 N–H and O–H groups in total. The number of unbranched alkanes of at least 4 members (excludes halogenated alkanes) is 1. The highest BCUT2D eigenvalue weighted by molar-refractivity contribution is 5.87. The third kappa shape index (κ3) is 6.90. The Kier molecular flexibility index (Phi) is 8.28. The van der Waals surface area contributed by atoms with Crippen LogP contribution in [0.1, 0.15) is 25.7 Å². The van der Waals surface area contributed by atoms with Crippen LogP contribution in [0.3, 0.4) is 0 Å². The number of aliphatic hydroxyl groups is 2. The van der Waals surface area contributed by atoms with E-state index in [2.05, 4.69) is 11.8 Å². The first-order valence-corrected chi connectivity index (χ1v) is 7.18. The second kappa shape index (κ2) is 9.76. The summed E-state index contributed by atoms with van der Waals surface area (Å²) in [7, 11) is 1.92. The molecule has 20 heavy (non-hydrogen) atoms. The number of aliphatic hydroxyl groups excluding tert-OH is 2. The Balaban J connectivity index is 2.12. The Labute approximate surface area is 121 Å². The number of carbonyl (C=O) groups excluding carboxylic acids is 1. The van der Waals surface area contributed by atoms with Gasteiger partial charge in [0.1, 0.15) is 0 Å². The molecule has 1 unspecified atom stereocenters. The first-order chi connectivity index (χ1) is 9.63. The Hall–Kier alpha value is -1.09. The van der Waals surface area contributed by atoms with Crippen LogP contribution in [0.2, 0.25) is 0 Å². The molecule has 5 heteroatoms. The maximum Gasteiger partial charge on any atom is 0.227 e. The van der Waals surface area contributed by atoms with Crippen molar-refractivity contribution in [3.8, 4) is 11.8 Å². The van der Waals surface area contributed by atoms with Crippen LogP contribution in [0.5, 0.6) is 0 Å². The van der Waals surface area contributed by atoms with E-state index < -0.39 is 0 Å². The van der Waals surface area contributed by atoms with Gasteiger partial charge in [-0.15, -0.1) is 0 Å². The molecule has 1 fully saturated rings. The van der Waals surface area contributed by atoms with Gasteiger partial charge in [-0.2, -0.15) is 0 Å². The van der Waals surface area contributed by atoms with Crippen LogP contribution < -0.4 is 0 Å². The van der Waals surface area contributed by atoms with Crippen molar-refractivity contribution in [1.82, 2.24) is 9.80 Å². The van der Waals surface area contributed by atoms with Gasteiger partial charge in [-0.1, -0.05) is 11.8 Å². The summed E-state index contributed by atoms with van der Waals surface area (Å²) in [4.78, 5) is 15.0. The lowest BCUT2D eigenvalue weighted by atomic mass is 10.1. The quantitative estimate of drug-likeness (QED) is 0.481. The van der Waals surface area contributed by atoms with Crippen molar-refractivity contribution in [3.05, 3.63) is 6.42 Å². The predicted octanol–water partition coefficient (Wildman–Crippen LogP) is -0.118. The molecular formula is C15H25N2O3. The molecular weight excluding hydrogens is 256 g/mol. The van der Waals surface area contributed by atoms with Gasteiger partial charge in [0.2, 0.25) is 5.91 Å². The van der Waals surface area contributed by atoms with Crippen LogP contribution in [0.25, 0.3) is 0 Å². The highest BCUT2D eigenvalue weighted by Gasteiger charge is 2.18. The summed E-state index contributed by atoms with van der Waals surface area (Å²) in [6.07, 6.45) is 4.42. The van der Waals surface area contributed by atoms with Crippen LogP contribution in [0, 0.1) is 18.3 Å². The smallest absolute Gasteiger partial charge is 0.227 e. The number of likely N-dealkylation sites (N-methyl/N-ethyl adjacent to an activating group) is 1. The Bertz CT molecular complexity index is 349. The zero-order chi connectivity index (χ0) is 14.8. The van der Waals surface area contributed by atoms with Crippen LogP contribution in [-0.2, 0) is 4.79 Å². The van der Waals surface area contributed by atoms with Crippen LogP contribution >= 0.6 is 0 Å². The highest BCUT2D eigenvalue weighted by Crippen LogP contribution is 2.06. The van der Waals surface area contributed by atoms with Crippen molar-refractivity contribution in [1.29, 1.82) is 0 Å². The molecule has 1 radical (unpaired) electrons. The number of rotatable bonds is 8. The molecule has 1 amide bonds. The monoisotopic (exact) mass is 281 g/mol. The number of likely N-dealkylation sites (tertiary alicyclic amines) is 1. The lowest BCUT2D eigenvalue weighted by Gasteiger charge is -2.18. The molecule has 1 saturated heterocycles. The van der Waals surface area contributed by atoms with E-state index in [-0.39, 0.29) is 18.6 Å². The highest BCUT2D eigenvalue weighted by atomic mass is 16.3. The molecule has 0 aliphatic carbocycles. The minimum absolute atomic E-state index is 0.0759. The van der Waals surface area contributed by atoms with Gasteiger partial charge in [0.05, 0.1) is 25.6 Å². The molecule has 1 aliphatic heterocycles. The molecule has 0 bridgehead atoms. The van der Waals surface area contributed by atoms with Crippen LogP contribution in [0.4, 0.5) is 0 Å². The van der Waals surface area contributed by atoms with E-state index in [0.717, 1.165) is 25.8 Å². The van der Waals surface area contributed by atoms with Crippen molar-refractivity contribution >= 4 is 5.91 Å². The summed E-state index contributed by atoms with van der Waals surface area (Å²) >= 11 is 0. The second-order valence-electron chi connectivity index (χ2n) is 5.18. The second-order valence-corrected chi connectivity index (χ2v) is 5.18. The van der Waals surface area contributed by atoms with Gasteiger partial charge in [-0.3, -0.25) is 9.69 Å². The molecule has 1 heterocycles. The van der Waals surface area contributed by atoms with Crippen molar-refractivity contribution < 1.29 is 15.0 Å². The zero-order valence-corrected chi connectivity index (χ0v) is 12.2. The van der Waals surface area contributed by atoms with Gasteiger partial charge in [-0.05, 0) is 32.7 Å². The molecule has 1 aliphatic rings. The first kappa shape index (κ1) is 17.0. The van der Waals surface area contributed by atoms with Crippen LogP contribution in [0.15, 0.2) is 0 Å². The summed E-state index contributed by atoms with van der Waals surface area (Å²) in [6, 6.07) is 0. The fraction of sp³-hybridized carbons (Fsp3) is 0.733. The fourth-order valence-electron chi connectivity index (χ4n) is 2.09. The maximum absolute atomic E-state index is 11.3. The van der Waals surface area contributed by atoms with E-state index in [1.54, 1.807) is 11.3 Å². The zero-order valence-electron chi connectivity index (χ0n) is 12.2. The molecule has 0 aromatic heterocycles. The van der Waals surface area contributed by atoms with Gasteiger partial charge in [0, 0.05) is 19.7 Å². The number of amides is 1. The maximum atomic E-state index is 11.3. The van der Waals surface area contributed by atoms with Crippen molar-refractivity contribution in [3.63, 3.8) is 0 Å². The molecule has 1 atom stereocenters. The van der Waals surface area contributed by atoms with E-state index in [1.807, 2.05) is 11.9 Å². The Morgan fingerprint density at radius 3 is 2.90 bits per heavy atom. The minimum Gasteiger partial charge on any atom is -0.396 e. The summed E-state index contributed by atoms with van der Waals surface area (Å²) in [5.41, 5.74) is 0. The van der Waals surface area contributed by atoms with E-state index >= 15 is 0 Å². The molecule has 1 rings (SSSR count). The van der Waals surface area contributed by atoms with E-state index in [9.17, 15) is 9.90 Å². The fourth-order valence-corrected chi connectivity index (χ4v) is 2.09. The van der Waals surface area contributed by atoms with Crippen molar-refractivity contribution in [2.45, 2.75) is 31.8 Å². The minimum atomic E-state index is -0.372. The van der Waals surface area contributed by atoms with Crippen molar-refractivity contribution in [2.75, 3.05) is 39.8 Å². The predicted molar refractivity (Wildman–Crippen MR) is 77.7 cm³/mol. The van der Waals surface area contributed by atoms with Gasteiger partial charge < -0.3 is 15.1 Å². The summed E-state index contributed by atoms with van der Waals surface area (Å²) < 4.78 is 0. The average molecular weight is 281 g/mol. The van der Waals surface area contributed by atoms with E-state index in [0.29, 0.717) is 26.1 Å². The standard InChI is InChI=1S/C15H25N2O3/c1-16(13-14(19)7-2-5-12-18)9-3-4-10-17-11-6-8-15(17)20/h8,14,18-19H,2,5-7,9-13H2,1H3. The number of carbonyl (C=O) groups is 1. The summed E-state index contributed by atoms with van der Waals surface area (Å²) in [5, 5.41) is 18.5. The van der Waals surface area contributed by atoms with Crippen LogP contribution in [-0.4, -0.2) is 71.9 Å². The van der Waals surface area contributed by atoms with Gasteiger partial charge >= 0.3 is 0 Å². The lowest BCUT2D eigenvalue weighted by Crippen LogP contribution is -2.29. The Morgan fingerprint density at radius 2 is 2.25 bits per heavy atom. The molecule has 0 saturated carbocycles. The third-order valence-electron chi connectivity index (χ3n) is 3.24. The van der Waals surface area contributed by atoms with E-state index in [4.69, 9.17) is 5.11 Å². The van der Waals surface area contributed by atoms with Gasteiger partial charge in [-0.25, -0.2) is 0 Å². The largest absolute Gasteiger partial charge is 0.396 e. The van der Waals surface area contributed by atoms with Gasteiger partial charge in [0.15, 0.2) is 0 Å². The molecule has 0 aromatic carbocycles. The van der Waals surface area contributed by atoms with E-state index in [1.165, 1.54) is 0 Å².